The molecule has 2 aliphatic heterocycles. The van der Waals surface area contributed by atoms with Crippen molar-refractivity contribution in [2.75, 3.05) is 38.2 Å². The molecule has 1 aromatic carbocycles. The van der Waals surface area contributed by atoms with Gasteiger partial charge in [-0.3, -0.25) is 9.59 Å². The number of benzene rings is 1. The summed E-state index contributed by atoms with van der Waals surface area (Å²) in [6, 6.07) is 5.77. The molecule has 7 rings (SSSR count). The monoisotopic (exact) mass is 452 g/mol. The summed E-state index contributed by atoms with van der Waals surface area (Å²) in [6.45, 7) is 3.26. The summed E-state index contributed by atoms with van der Waals surface area (Å²) in [5, 5.41) is 3.22. The van der Waals surface area contributed by atoms with E-state index < -0.39 is 0 Å². The second kappa shape index (κ2) is 8.70. The van der Waals surface area contributed by atoms with Crippen molar-refractivity contribution in [3.63, 3.8) is 0 Å². The molecule has 178 valence electrons. The molecule has 6 aliphatic rings. The molecule has 0 aromatic heterocycles. The average molecular weight is 453 g/mol. The Morgan fingerprint density at radius 1 is 1.09 bits per heavy atom. The molecule has 1 unspecified atom stereocenters. The van der Waals surface area contributed by atoms with Gasteiger partial charge in [0.15, 0.2) is 0 Å². The average Bonchev–Trinajstić information content (AvgIpc) is 2.78. The highest BCUT2D eigenvalue weighted by Crippen LogP contribution is 2.61. The van der Waals surface area contributed by atoms with E-state index >= 15 is 0 Å². The predicted octanol–water partition coefficient (Wildman–Crippen LogP) is 4.04. The molecular formula is C27H36N2O4. The molecule has 1 saturated heterocycles. The van der Waals surface area contributed by atoms with E-state index in [0.29, 0.717) is 39.3 Å². The van der Waals surface area contributed by atoms with Crippen LogP contribution in [0.2, 0.25) is 0 Å². The number of hydrogen-bond acceptors (Lipinski definition) is 4. The third-order valence-corrected chi connectivity index (χ3v) is 8.91. The lowest BCUT2D eigenvalue weighted by molar-refractivity contribution is -0.124. The maximum absolute atomic E-state index is 13.2. The SMILES string of the molecule is O=C(CC12CC3CC(CC(C3)C1)C2)Nc1cccc2c1CCN(CCC1COCCO1)C2=O. The van der Waals surface area contributed by atoms with E-state index in [1.54, 1.807) is 0 Å². The Bertz CT molecular complexity index is 887. The number of nitrogens with zero attached hydrogens (tertiary/aromatic N) is 1. The van der Waals surface area contributed by atoms with Crippen molar-refractivity contribution >= 4 is 17.5 Å². The van der Waals surface area contributed by atoms with E-state index in [0.717, 1.165) is 47.4 Å². The Hall–Kier alpha value is -1.92. The lowest BCUT2D eigenvalue weighted by Gasteiger charge is -2.56. The van der Waals surface area contributed by atoms with Gasteiger partial charge < -0.3 is 19.7 Å². The molecule has 4 aliphatic carbocycles. The molecule has 4 bridgehead atoms. The molecule has 2 heterocycles. The fraction of sp³-hybridized carbons (Fsp3) is 0.704. The molecule has 33 heavy (non-hydrogen) atoms. The molecule has 6 nitrogen and oxygen atoms in total. The minimum Gasteiger partial charge on any atom is -0.376 e. The molecule has 1 aromatic rings. The lowest BCUT2D eigenvalue weighted by atomic mass is 9.49. The number of nitrogens with one attached hydrogen (secondary N) is 1. The molecule has 1 N–H and O–H groups in total. The molecular weight excluding hydrogens is 416 g/mol. The zero-order valence-corrected chi connectivity index (χ0v) is 19.5. The largest absolute Gasteiger partial charge is 0.376 e. The van der Waals surface area contributed by atoms with Gasteiger partial charge in [0.05, 0.1) is 25.9 Å². The van der Waals surface area contributed by atoms with Crippen molar-refractivity contribution in [1.29, 1.82) is 0 Å². The van der Waals surface area contributed by atoms with Gasteiger partial charge in [0.1, 0.15) is 0 Å². The van der Waals surface area contributed by atoms with Crippen molar-refractivity contribution in [1.82, 2.24) is 4.90 Å². The molecule has 1 atom stereocenters. The Labute approximate surface area is 196 Å². The third-order valence-electron chi connectivity index (χ3n) is 8.91. The van der Waals surface area contributed by atoms with Crippen LogP contribution in [0.4, 0.5) is 5.69 Å². The normalized spacial score (nSPS) is 34.9. The first-order valence-corrected chi connectivity index (χ1v) is 13.0. The van der Waals surface area contributed by atoms with Crippen molar-refractivity contribution < 1.29 is 19.1 Å². The van der Waals surface area contributed by atoms with Crippen molar-refractivity contribution in [3.05, 3.63) is 29.3 Å². The lowest BCUT2D eigenvalue weighted by Crippen LogP contribution is -2.47. The minimum atomic E-state index is 0.0603. The number of anilines is 1. The van der Waals surface area contributed by atoms with E-state index in [1.807, 2.05) is 23.1 Å². The standard InChI is InChI=1S/C27H36N2O4/c30-25(16-27-13-18-10-19(14-27)12-20(11-18)15-27)28-24-3-1-2-23-22(24)5-7-29(26(23)31)6-4-21-17-32-8-9-33-21/h1-3,18-21H,4-17H2,(H,28,30). The number of hydrogen-bond donors (Lipinski definition) is 1. The van der Waals surface area contributed by atoms with E-state index in [-0.39, 0.29) is 23.3 Å². The van der Waals surface area contributed by atoms with Gasteiger partial charge in [-0.05, 0) is 92.2 Å². The first-order chi connectivity index (χ1) is 16.1. The highest BCUT2D eigenvalue weighted by Gasteiger charge is 2.51. The number of carbonyl (C=O) groups is 2. The van der Waals surface area contributed by atoms with Crippen LogP contribution >= 0.6 is 0 Å². The van der Waals surface area contributed by atoms with Crippen LogP contribution in [0, 0.1) is 23.2 Å². The van der Waals surface area contributed by atoms with Gasteiger partial charge in [0, 0.05) is 30.8 Å². The number of ether oxygens (including phenoxy) is 2. The molecule has 5 fully saturated rings. The fourth-order valence-electron chi connectivity index (χ4n) is 7.95. The van der Waals surface area contributed by atoms with Crippen LogP contribution in [0.5, 0.6) is 0 Å². The predicted molar refractivity (Wildman–Crippen MR) is 125 cm³/mol. The van der Waals surface area contributed by atoms with Gasteiger partial charge in [0.25, 0.3) is 5.91 Å². The van der Waals surface area contributed by atoms with Gasteiger partial charge in [-0.1, -0.05) is 6.07 Å². The van der Waals surface area contributed by atoms with Crippen LogP contribution in [0.25, 0.3) is 0 Å². The smallest absolute Gasteiger partial charge is 0.254 e. The van der Waals surface area contributed by atoms with E-state index in [4.69, 9.17) is 9.47 Å². The summed E-state index contributed by atoms with van der Waals surface area (Å²) < 4.78 is 11.2. The molecule has 4 saturated carbocycles. The van der Waals surface area contributed by atoms with Crippen LogP contribution in [0.15, 0.2) is 18.2 Å². The van der Waals surface area contributed by atoms with Gasteiger partial charge >= 0.3 is 0 Å². The Morgan fingerprint density at radius 2 is 1.85 bits per heavy atom. The zero-order valence-electron chi connectivity index (χ0n) is 19.5. The summed E-state index contributed by atoms with van der Waals surface area (Å²) in [5.74, 6) is 2.74. The number of rotatable bonds is 6. The molecule has 2 amide bonds. The Kier molecular flexibility index (Phi) is 5.69. The quantitative estimate of drug-likeness (QED) is 0.708. The summed E-state index contributed by atoms with van der Waals surface area (Å²) in [6.07, 6.45) is 10.2. The van der Waals surface area contributed by atoms with Crippen molar-refractivity contribution in [2.24, 2.45) is 23.2 Å². The summed E-state index contributed by atoms with van der Waals surface area (Å²) >= 11 is 0. The second-order valence-electron chi connectivity index (χ2n) is 11.4. The summed E-state index contributed by atoms with van der Waals surface area (Å²) in [7, 11) is 0. The van der Waals surface area contributed by atoms with Crippen molar-refractivity contribution in [3.8, 4) is 0 Å². The van der Waals surface area contributed by atoms with Gasteiger partial charge in [0.2, 0.25) is 5.91 Å². The van der Waals surface area contributed by atoms with Crippen LogP contribution in [0.1, 0.15) is 67.3 Å². The highest BCUT2D eigenvalue weighted by molar-refractivity contribution is 6.00. The summed E-state index contributed by atoms with van der Waals surface area (Å²) in [5.41, 5.74) is 2.79. The van der Waals surface area contributed by atoms with Crippen LogP contribution < -0.4 is 5.32 Å². The van der Waals surface area contributed by atoms with Crippen LogP contribution in [-0.2, 0) is 20.7 Å². The van der Waals surface area contributed by atoms with E-state index in [9.17, 15) is 9.59 Å². The Morgan fingerprint density at radius 3 is 2.55 bits per heavy atom. The maximum Gasteiger partial charge on any atom is 0.254 e. The summed E-state index contributed by atoms with van der Waals surface area (Å²) in [4.78, 5) is 28.3. The second-order valence-corrected chi connectivity index (χ2v) is 11.4. The van der Waals surface area contributed by atoms with Gasteiger partial charge in [-0.2, -0.15) is 0 Å². The topological polar surface area (TPSA) is 67.9 Å². The highest BCUT2D eigenvalue weighted by atomic mass is 16.6. The van der Waals surface area contributed by atoms with E-state index in [2.05, 4.69) is 5.32 Å². The Balaban J connectivity index is 1.10. The third kappa shape index (κ3) is 4.32. The number of carbonyl (C=O) groups excluding carboxylic acids is 2. The zero-order chi connectivity index (χ0) is 22.4. The van der Waals surface area contributed by atoms with Crippen molar-refractivity contribution in [2.45, 2.75) is 63.9 Å². The molecule has 0 radical (unpaired) electrons. The minimum absolute atomic E-state index is 0.0603. The van der Waals surface area contributed by atoms with Gasteiger partial charge in [-0.15, -0.1) is 0 Å². The molecule has 0 spiro atoms. The molecule has 6 heteroatoms. The first kappa shape index (κ1) is 21.6. The maximum atomic E-state index is 13.2. The fourth-order valence-corrected chi connectivity index (χ4v) is 7.95. The van der Waals surface area contributed by atoms with E-state index in [1.165, 1.54) is 38.5 Å². The van der Waals surface area contributed by atoms with Crippen LogP contribution in [0.3, 0.4) is 0 Å². The first-order valence-electron chi connectivity index (χ1n) is 13.0. The van der Waals surface area contributed by atoms with Crippen LogP contribution in [-0.4, -0.2) is 55.7 Å². The van der Waals surface area contributed by atoms with Gasteiger partial charge in [-0.25, -0.2) is 0 Å². The number of amides is 2. The number of fused-ring (bicyclic) bond motifs is 1.